The Bertz CT molecular complexity index is 495. The van der Waals surface area contributed by atoms with Crippen LogP contribution in [0.15, 0.2) is 6.20 Å². The first-order valence-corrected chi connectivity index (χ1v) is 8.27. The standard InChI is InChI=1S/C17H27N3O/c1-4-18-14-9-17(2,3)10-15-13(14)11-19-16(20-15)8-12-6-5-7-21-12/h11-12,14,18H,4-10H2,1-3H3. The Labute approximate surface area is 127 Å². The zero-order valence-electron chi connectivity index (χ0n) is 13.5. The van der Waals surface area contributed by atoms with E-state index in [0.29, 0.717) is 17.6 Å². The lowest BCUT2D eigenvalue weighted by molar-refractivity contribution is 0.109. The van der Waals surface area contributed by atoms with Crippen LogP contribution in [0.5, 0.6) is 0 Å². The van der Waals surface area contributed by atoms with Crippen LogP contribution in [-0.4, -0.2) is 29.2 Å². The van der Waals surface area contributed by atoms with E-state index in [-0.39, 0.29) is 0 Å². The van der Waals surface area contributed by atoms with Gasteiger partial charge >= 0.3 is 0 Å². The first kappa shape index (κ1) is 14.9. The van der Waals surface area contributed by atoms with E-state index < -0.39 is 0 Å². The van der Waals surface area contributed by atoms with Crippen molar-refractivity contribution in [3.63, 3.8) is 0 Å². The monoisotopic (exact) mass is 289 g/mol. The number of fused-ring (bicyclic) bond motifs is 1. The quantitative estimate of drug-likeness (QED) is 0.926. The van der Waals surface area contributed by atoms with Crippen LogP contribution in [0.1, 0.15) is 63.2 Å². The van der Waals surface area contributed by atoms with Crippen LogP contribution in [0.2, 0.25) is 0 Å². The average Bonchev–Trinajstić information content (AvgIpc) is 2.90. The predicted molar refractivity (Wildman–Crippen MR) is 83.2 cm³/mol. The Kier molecular flexibility index (Phi) is 4.27. The molecule has 2 aliphatic rings. The minimum Gasteiger partial charge on any atom is -0.378 e. The molecule has 1 aliphatic carbocycles. The molecule has 2 atom stereocenters. The summed E-state index contributed by atoms with van der Waals surface area (Å²) in [5.41, 5.74) is 2.84. The molecular weight excluding hydrogens is 262 g/mol. The Hall–Kier alpha value is -1.00. The van der Waals surface area contributed by atoms with Gasteiger partial charge in [-0.1, -0.05) is 20.8 Å². The molecular formula is C17H27N3O. The van der Waals surface area contributed by atoms with Gasteiger partial charge in [-0.05, 0) is 37.6 Å². The maximum atomic E-state index is 5.71. The van der Waals surface area contributed by atoms with Crippen molar-refractivity contribution >= 4 is 0 Å². The molecule has 4 heteroatoms. The van der Waals surface area contributed by atoms with E-state index in [1.807, 2.05) is 0 Å². The van der Waals surface area contributed by atoms with Crippen LogP contribution in [-0.2, 0) is 17.6 Å². The zero-order chi connectivity index (χ0) is 14.9. The molecule has 1 aromatic rings. The molecule has 0 amide bonds. The number of ether oxygens (including phenoxy) is 1. The van der Waals surface area contributed by atoms with Crippen molar-refractivity contribution in [2.45, 2.75) is 65.0 Å². The number of nitrogens with zero attached hydrogens (tertiary/aromatic N) is 2. The number of hydrogen-bond donors (Lipinski definition) is 1. The second-order valence-electron chi connectivity index (χ2n) is 7.18. The Balaban J connectivity index is 1.82. The maximum Gasteiger partial charge on any atom is 0.131 e. The van der Waals surface area contributed by atoms with Crippen LogP contribution >= 0.6 is 0 Å². The van der Waals surface area contributed by atoms with Gasteiger partial charge in [0, 0.05) is 36.5 Å². The first-order valence-electron chi connectivity index (χ1n) is 8.27. The third kappa shape index (κ3) is 3.43. The van der Waals surface area contributed by atoms with Gasteiger partial charge in [0.05, 0.1) is 6.10 Å². The SMILES string of the molecule is CCNC1CC(C)(C)Cc2nc(CC3CCCO3)ncc21. The number of aromatic nitrogens is 2. The zero-order valence-corrected chi connectivity index (χ0v) is 13.5. The van der Waals surface area contributed by atoms with Crippen LogP contribution in [0.3, 0.4) is 0 Å². The van der Waals surface area contributed by atoms with Crippen molar-refractivity contribution in [3.05, 3.63) is 23.3 Å². The first-order chi connectivity index (χ1) is 10.1. The van der Waals surface area contributed by atoms with Crippen molar-refractivity contribution in [1.82, 2.24) is 15.3 Å². The second-order valence-corrected chi connectivity index (χ2v) is 7.18. The number of nitrogens with one attached hydrogen (secondary N) is 1. The second kappa shape index (κ2) is 6.01. The van der Waals surface area contributed by atoms with E-state index in [9.17, 15) is 0 Å². The molecule has 1 aliphatic heterocycles. The summed E-state index contributed by atoms with van der Waals surface area (Å²) >= 11 is 0. The normalized spacial score (nSPS) is 27.6. The van der Waals surface area contributed by atoms with Gasteiger partial charge in [-0.3, -0.25) is 0 Å². The van der Waals surface area contributed by atoms with Gasteiger partial charge in [-0.25, -0.2) is 9.97 Å². The maximum absolute atomic E-state index is 5.71. The van der Waals surface area contributed by atoms with E-state index in [2.05, 4.69) is 37.3 Å². The van der Waals surface area contributed by atoms with E-state index in [4.69, 9.17) is 9.72 Å². The Morgan fingerprint density at radius 2 is 2.29 bits per heavy atom. The minimum absolute atomic E-state index is 0.301. The summed E-state index contributed by atoms with van der Waals surface area (Å²) in [4.78, 5) is 9.48. The predicted octanol–water partition coefficient (Wildman–Crippen LogP) is 2.82. The molecule has 1 fully saturated rings. The molecule has 0 spiro atoms. The lowest BCUT2D eigenvalue weighted by Gasteiger charge is -2.36. The Morgan fingerprint density at radius 3 is 3.00 bits per heavy atom. The molecule has 0 bridgehead atoms. The van der Waals surface area contributed by atoms with Gasteiger partial charge in [-0.15, -0.1) is 0 Å². The van der Waals surface area contributed by atoms with Crippen molar-refractivity contribution in [2.75, 3.05) is 13.2 Å². The van der Waals surface area contributed by atoms with Crippen molar-refractivity contribution in [2.24, 2.45) is 5.41 Å². The molecule has 0 aromatic carbocycles. The highest BCUT2D eigenvalue weighted by Crippen LogP contribution is 2.39. The van der Waals surface area contributed by atoms with Crippen LogP contribution in [0.25, 0.3) is 0 Å². The van der Waals surface area contributed by atoms with Crippen molar-refractivity contribution in [1.29, 1.82) is 0 Å². The lowest BCUT2D eigenvalue weighted by atomic mass is 9.74. The summed E-state index contributed by atoms with van der Waals surface area (Å²) in [5, 5.41) is 3.58. The van der Waals surface area contributed by atoms with Crippen LogP contribution < -0.4 is 5.32 Å². The highest BCUT2D eigenvalue weighted by molar-refractivity contribution is 5.27. The third-order valence-electron chi connectivity index (χ3n) is 4.61. The van der Waals surface area contributed by atoms with Crippen molar-refractivity contribution < 1.29 is 4.74 Å². The van der Waals surface area contributed by atoms with Gasteiger partial charge in [0.25, 0.3) is 0 Å². The largest absolute Gasteiger partial charge is 0.378 e. The molecule has 1 N–H and O–H groups in total. The molecule has 2 unspecified atom stereocenters. The number of rotatable bonds is 4. The molecule has 1 aromatic heterocycles. The van der Waals surface area contributed by atoms with E-state index in [1.165, 1.54) is 17.7 Å². The summed E-state index contributed by atoms with van der Waals surface area (Å²) in [7, 11) is 0. The molecule has 1 saturated heterocycles. The molecule has 3 rings (SSSR count). The van der Waals surface area contributed by atoms with Crippen molar-refractivity contribution in [3.8, 4) is 0 Å². The number of hydrogen-bond acceptors (Lipinski definition) is 4. The van der Waals surface area contributed by atoms with Crippen LogP contribution in [0, 0.1) is 5.41 Å². The van der Waals surface area contributed by atoms with Gasteiger partial charge in [0.15, 0.2) is 0 Å². The summed E-state index contributed by atoms with van der Waals surface area (Å²) in [6.07, 6.45) is 7.75. The third-order valence-corrected chi connectivity index (χ3v) is 4.61. The smallest absolute Gasteiger partial charge is 0.131 e. The Morgan fingerprint density at radius 1 is 1.43 bits per heavy atom. The average molecular weight is 289 g/mol. The molecule has 2 heterocycles. The summed E-state index contributed by atoms with van der Waals surface area (Å²) in [5.74, 6) is 0.952. The molecule has 21 heavy (non-hydrogen) atoms. The summed E-state index contributed by atoms with van der Waals surface area (Å²) in [6.45, 7) is 8.71. The molecule has 4 nitrogen and oxygen atoms in total. The van der Waals surface area contributed by atoms with E-state index in [1.54, 1.807) is 0 Å². The van der Waals surface area contributed by atoms with Crippen LogP contribution in [0.4, 0.5) is 0 Å². The fourth-order valence-corrected chi connectivity index (χ4v) is 3.62. The van der Waals surface area contributed by atoms with Gasteiger partial charge in [-0.2, -0.15) is 0 Å². The topological polar surface area (TPSA) is 47.0 Å². The highest BCUT2D eigenvalue weighted by atomic mass is 16.5. The fraction of sp³-hybridized carbons (Fsp3) is 0.765. The summed E-state index contributed by atoms with van der Waals surface area (Å²) < 4.78 is 5.71. The molecule has 0 radical (unpaired) electrons. The summed E-state index contributed by atoms with van der Waals surface area (Å²) in [6, 6.07) is 0.394. The molecule has 0 saturated carbocycles. The van der Waals surface area contributed by atoms with E-state index >= 15 is 0 Å². The van der Waals surface area contributed by atoms with Gasteiger partial charge in [0.1, 0.15) is 5.82 Å². The highest BCUT2D eigenvalue weighted by Gasteiger charge is 2.33. The molecule has 116 valence electrons. The van der Waals surface area contributed by atoms with Gasteiger partial charge < -0.3 is 10.1 Å². The van der Waals surface area contributed by atoms with E-state index in [0.717, 1.165) is 44.7 Å². The lowest BCUT2D eigenvalue weighted by Crippen LogP contribution is -2.34. The minimum atomic E-state index is 0.301. The fourth-order valence-electron chi connectivity index (χ4n) is 3.62. The van der Waals surface area contributed by atoms with Gasteiger partial charge in [0.2, 0.25) is 0 Å².